The molecule has 0 aliphatic carbocycles. The van der Waals surface area contributed by atoms with Gasteiger partial charge in [0.15, 0.2) is 0 Å². The fourth-order valence-electron chi connectivity index (χ4n) is 1.30. The third-order valence-corrected chi connectivity index (χ3v) is 1.83. The Morgan fingerprint density at radius 3 is 3.10 bits per heavy atom. The van der Waals surface area contributed by atoms with E-state index in [1.165, 1.54) is 0 Å². The predicted octanol–water partition coefficient (Wildman–Crippen LogP) is -0.464. The molecule has 1 atom stereocenters. The van der Waals surface area contributed by atoms with E-state index in [9.17, 15) is 0 Å². The molecule has 0 spiro atoms. The number of ether oxygens (including phenoxy) is 1. The molecular formula is C7H16N2O. The first-order valence-electron chi connectivity index (χ1n) is 3.74. The highest BCUT2D eigenvalue weighted by Crippen LogP contribution is 1.95. The molecule has 0 aromatic rings. The van der Waals surface area contributed by atoms with E-state index >= 15 is 0 Å². The molecule has 3 heteroatoms. The Morgan fingerprint density at radius 2 is 2.50 bits per heavy atom. The molecule has 1 heterocycles. The Kier molecular flexibility index (Phi) is 3.12. The molecule has 0 aromatic carbocycles. The molecule has 1 fully saturated rings. The van der Waals surface area contributed by atoms with E-state index in [1.54, 1.807) is 7.11 Å². The van der Waals surface area contributed by atoms with Crippen LogP contribution in [0.1, 0.15) is 0 Å². The Hall–Kier alpha value is -0.120. The summed E-state index contributed by atoms with van der Waals surface area (Å²) in [5.41, 5.74) is 0. The summed E-state index contributed by atoms with van der Waals surface area (Å²) in [7, 11) is 3.89. The highest BCUT2D eigenvalue weighted by molar-refractivity contribution is 4.75. The van der Waals surface area contributed by atoms with Crippen LogP contribution in [-0.4, -0.2) is 51.3 Å². The van der Waals surface area contributed by atoms with Crippen molar-refractivity contribution in [3.05, 3.63) is 0 Å². The highest BCUT2D eigenvalue weighted by Gasteiger charge is 2.14. The summed E-state index contributed by atoms with van der Waals surface area (Å²) < 4.78 is 5.04. The predicted molar refractivity (Wildman–Crippen MR) is 41.2 cm³/mol. The number of hydrogen-bond donors (Lipinski definition) is 1. The van der Waals surface area contributed by atoms with Crippen molar-refractivity contribution < 1.29 is 4.74 Å². The standard InChI is InChI=1S/C7H16N2O/c1-9-4-3-8-7(5-9)6-10-2/h7-8H,3-6H2,1-2H3. The second-order valence-electron chi connectivity index (χ2n) is 2.87. The number of piperazine rings is 1. The number of likely N-dealkylation sites (N-methyl/N-ethyl adjacent to an activating group) is 1. The van der Waals surface area contributed by atoms with Gasteiger partial charge >= 0.3 is 0 Å². The second-order valence-corrected chi connectivity index (χ2v) is 2.87. The maximum Gasteiger partial charge on any atom is 0.0628 e. The zero-order valence-corrected chi connectivity index (χ0v) is 6.76. The van der Waals surface area contributed by atoms with Gasteiger partial charge in [-0.1, -0.05) is 0 Å². The summed E-state index contributed by atoms with van der Waals surface area (Å²) in [5, 5.41) is 3.38. The maximum absolute atomic E-state index is 5.04. The van der Waals surface area contributed by atoms with Gasteiger partial charge in [0.2, 0.25) is 0 Å². The van der Waals surface area contributed by atoms with Gasteiger partial charge in [0, 0.05) is 32.8 Å². The number of hydrogen-bond acceptors (Lipinski definition) is 3. The zero-order valence-electron chi connectivity index (χ0n) is 6.76. The van der Waals surface area contributed by atoms with Crippen molar-refractivity contribution in [3.63, 3.8) is 0 Å². The molecule has 1 unspecified atom stereocenters. The van der Waals surface area contributed by atoms with Gasteiger partial charge in [0.05, 0.1) is 6.61 Å². The third-order valence-electron chi connectivity index (χ3n) is 1.83. The van der Waals surface area contributed by atoms with Crippen molar-refractivity contribution >= 4 is 0 Å². The van der Waals surface area contributed by atoms with E-state index in [1.807, 2.05) is 0 Å². The molecular weight excluding hydrogens is 128 g/mol. The summed E-state index contributed by atoms with van der Waals surface area (Å²) in [6.07, 6.45) is 0. The fraction of sp³-hybridized carbons (Fsp3) is 1.00. The lowest BCUT2D eigenvalue weighted by Gasteiger charge is -2.30. The summed E-state index contributed by atoms with van der Waals surface area (Å²) in [6.45, 7) is 4.17. The lowest BCUT2D eigenvalue weighted by Crippen LogP contribution is -2.50. The second kappa shape index (κ2) is 3.91. The lowest BCUT2D eigenvalue weighted by molar-refractivity contribution is 0.127. The summed E-state index contributed by atoms with van der Waals surface area (Å²) in [5.74, 6) is 0. The molecule has 10 heavy (non-hydrogen) atoms. The average Bonchev–Trinajstić information content (AvgIpc) is 1.88. The smallest absolute Gasteiger partial charge is 0.0628 e. The number of methoxy groups -OCH3 is 1. The Morgan fingerprint density at radius 1 is 1.70 bits per heavy atom. The van der Waals surface area contributed by atoms with Crippen LogP contribution in [0.4, 0.5) is 0 Å². The van der Waals surface area contributed by atoms with Crippen LogP contribution in [0.3, 0.4) is 0 Å². The van der Waals surface area contributed by atoms with Crippen LogP contribution in [-0.2, 0) is 4.74 Å². The van der Waals surface area contributed by atoms with Crippen LogP contribution in [0, 0.1) is 0 Å². The van der Waals surface area contributed by atoms with Gasteiger partial charge in [-0.3, -0.25) is 0 Å². The number of rotatable bonds is 2. The quantitative estimate of drug-likeness (QED) is 0.567. The SMILES string of the molecule is COCC1CN(C)CCN1. The van der Waals surface area contributed by atoms with Crippen molar-refractivity contribution in [1.29, 1.82) is 0 Å². The topological polar surface area (TPSA) is 24.5 Å². The molecule has 1 saturated heterocycles. The summed E-state index contributed by atoms with van der Waals surface area (Å²) in [4.78, 5) is 2.32. The van der Waals surface area contributed by atoms with Crippen LogP contribution < -0.4 is 5.32 Å². The van der Waals surface area contributed by atoms with Crippen molar-refractivity contribution in [2.75, 3.05) is 40.4 Å². The first-order chi connectivity index (χ1) is 4.83. The van der Waals surface area contributed by atoms with Gasteiger partial charge in [-0.2, -0.15) is 0 Å². The fourth-order valence-corrected chi connectivity index (χ4v) is 1.30. The van der Waals surface area contributed by atoms with Gasteiger partial charge in [-0.25, -0.2) is 0 Å². The van der Waals surface area contributed by atoms with Gasteiger partial charge in [0.1, 0.15) is 0 Å². The van der Waals surface area contributed by atoms with Crippen LogP contribution in [0.15, 0.2) is 0 Å². The maximum atomic E-state index is 5.04. The van der Waals surface area contributed by atoms with Gasteiger partial charge in [-0.05, 0) is 7.05 Å². The minimum absolute atomic E-state index is 0.531. The monoisotopic (exact) mass is 144 g/mol. The van der Waals surface area contributed by atoms with Crippen LogP contribution >= 0.6 is 0 Å². The molecule has 3 nitrogen and oxygen atoms in total. The molecule has 0 amide bonds. The van der Waals surface area contributed by atoms with E-state index in [4.69, 9.17) is 4.74 Å². The van der Waals surface area contributed by atoms with E-state index < -0.39 is 0 Å². The van der Waals surface area contributed by atoms with E-state index in [0.29, 0.717) is 6.04 Å². The average molecular weight is 144 g/mol. The zero-order chi connectivity index (χ0) is 7.40. The van der Waals surface area contributed by atoms with Crippen LogP contribution in [0.25, 0.3) is 0 Å². The lowest BCUT2D eigenvalue weighted by atomic mass is 10.2. The molecule has 0 aromatic heterocycles. The van der Waals surface area contributed by atoms with E-state index in [-0.39, 0.29) is 0 Å². The van der Waals surface area contributed by atoms with Crippen molar-refractivity contribution in [1.82, 2.24) is 10.2 Å². The van der Waals surface area contributed by atoms with Gasteiger partial charge in [0.25, 0.3) is 0 Å². The molecule has 0 radical (unpaired) electrons. The molecule has 0 bridgehead atoms. The molecule has 1 N–H and O–H groups in total. The van der Waals surface area contributed by atoms with Crippen LogP contribution in [0.5, 0.6) is 0 Å². The molecule has 60 valence electrons. The Balaban J connectivity index is 2.18. The minimum atomic E-state index is 0.531. The Bertz CT molecular complexity index is 95.6. The third kappa shape index (κ3) is 2.25. The van der Waals surface area contributed by atoms with Crippen LogP contribution in [0.2, 0.25) is 0 Å². The number of nitrogens with zero attached hydrogens (tertiary/aromatic N) is 1. The van der Waals surface area contributed by atoms with E-state index in [0.717, 1.165) is 26.2 Å². The molecule has 1 rings (SSSR count). The van der Waals surface area contributed by atoms with Crippen molar-refractivity contribution in [2.24, 2.45) is 0 Å². The van der Waals surface area contributed by atoms with E-state index in [2.05, 4.69) is 17.3 Å². The van der Waals surface area contributed by atoms with Gasteiger partial charge < -0.3 is 15.0 Å². The number of nitrogens with one attached hydrogen (secondary N) is 1. The normalized spacial score (nSPS) is 28.8. The van der Waals surface area contributed by atoms with Crippen molar-refractivity contribution in [2.45, 2.75) is 6.04 Å². The first-order valence-corrected chi connectivity index (χ1v) is 3.74. The minimum Gasteiger partial charge on any atom is -0.383 e. The highest BCUT2D eigenvalue weighted by atomic mass is 16.5. The van der Waals surface area contributed by atoms with Gasteiger partial charge in [-0.15, -0.1) is 0 Å². The Labute approximate surface area is 62.3 Å². The largest absolute Gasteiger partial charge is 0.383 e. The van der Waals surface area contributed by atoms with Crippen molar-refractivity contribution in [3.8, 4) is 0 Å². The summed E-state index contributed by atoms with van der Waals surface area (Å²) in [6, 6.07) is 0.531. The summed E-state index contributed by atoms with van der Waals surface area (Å²) >= 11 is 0. The molecule has 0 saturated carbocycles. The molecule has 1 aliphatic rings. The first kappa shape index (κ1) is 7.98. The molecule has 1 aliphatic heterocycles.